The molecular formula is C21H30N2O3. The summed E-state index contributed by atoms with van der Waals surface area (Å²) in [5.74, 6) is 1.31. The van der Waals surface area contributed by atoms with Crippen LogP contribution in [0.5, 0.6) is 0 Å². The van der Waals surface area contributed by atoms with Crippen molar-refractivity contribution in [1.29, 1.82) is 0 Å². The molecule has 0 saturated carbocycles. The van der Waals surface area contributed by atoms with Gasteiger partial charge in [0.25, 0.3) is 0 Å². The largest absolute Gasteiger partial charge is 0.384 e. The summed E-state index contributed by atoms with van der Waals surface area (Å²) in [6.07, 6.45) is 3.07. The van der Waals surface area contributed by atoms with Gasteiger partial charge in [-0.2, -0.15) is 0 Å². The standard InChI is InChI=1S/C21H30N2O3/c1-16-5-3-4-6-19(16)12-21(25)22-9-7-17(8-10-22)13-23-14-18(15-26-2)11-20(23)24/h3-6,17-18H,7-15H2,1-2H3. The minimum Gasteiger partial charge on any atom is -0.384 e. The van der Waals surface area contributed by atoms with Crippen LogP contribution in [0, 0.1) is 18.8 Å². The predicted molar refractivity (Wildman–Crippen MR) is 101 cm³/mol. The molecule has 1 aromatic carbocycles. The molecule has 2 amide bonds. The molecule has 3 rings (SSSR count). The van der Waals surface area contributed by atoms with Gasteiger partial charge in [-0.1, -0.05) is 24.3 Å². The highest BCUT2D eigenvalue weighted by Gasteiger charge is 2.32. The Morgan fingerprint density at radius 2 is 1.92 bits per heavy atom. The second-order valence-corrected chi connectivity index (χ2v) is 7.75. The molecule has 1 unspecified atom stereocenters. The van der Waals surface area contributed by atoms with Crippen LogP contribution in [-0.2, 0) is 20.7 Å². The molecule has 2 saturated heterocycles. The van der Waals surface area contributed by atoms with E-state index in [4.69, 9.17) is 4.74 Å². The number of piperidine rings is 1. The van der Waals surface area contributed by atoms with Gasteiger partial charge in [-0.3, -0.25) is 9.59 Å². The lowest BCUT2D eigenvalue weighted by molar-refractivity contribution is -0.133. The Morgan fingerprint density at radius 1 is 1.19 bits per heavy atom. The molecule has 0 aromatic heterocycles. The number of hydrogen-bond acceptors (Lipinski definition) is 3. The van der Waals surface area contributed by atoms with E-state index in [2.05, 4.69) is 13.0 Å². The van der Waals surface area contributed by atoms with Crippen molar-refractivity contribution in [2.75, 3.05) is 39.9 Å². The number of carbonyl (C=O) groups excluding carboxylic acids is 2. The molecule has 1 aromatic rings. The van der Waals surface area contributed by atoms with Crippen molar-refractivity contribution in [1.82, 2.24) is 9.80 Å². The molecule has 0 radical (unpaired) electrons. The van der Waals surface area contributed by atoms with Crippen LogP contribution in [0.3, 0.4) is 0 Å². The van der Waals surface area contributed by atoms with Gasteiger partial charge < -0.3 is 14.5 Å². The normalized spacial score (nSPS) is 21.5. The van der Waals surface area contributed by atoms with E-state index < -0.39 is 0 Å². The summed E-state index contributed by atoms with van der Waals surface area (Å²) in [5, 5.41) is 0. The first-order valence-electron chi connectivity index (χ1n) is 9.65. The molecule has 2 heterocycles. The first kappa shape index (κ1) is 18.9. The zero-order valence-corrected chi connectivity index (χ0v) is 15.9. The van der Waals surface area contributed by atoms with E-state index in [9.17, 15) is 9.59 Å². The zero-order valence-electron chi connectivity index (χ0n) is 15.9. The molecule has 5 nitrogen and oxygen atoms in total. The van der Waals surface area contributed by atoms with E-state index in [1.807, 2.05) is 28.0 Å². The van der Waals surface area contributed by atoms with Crippen molar-refractivity contribution in [2.24, 2.45) is 11.8 Å². The van der Waals surface area contributed by atoms with E-state index in [0.29, 0.717) is 31.3 Å². The molecule has 2 aliphatic rings. The van der Waals surface area contributed by atoms with Gasteiger partial charge in [0.1, 0.15) is 0 Å². The lowest BCUT2D eigenvalue weighted by Gasteiger charge is -2.34. The molecular weight excluding hydrogens is 328 g/mol. The number of methoxy groups -OCH3 is 1. The summed E-state index contributed by atoms with van der Waals surface area (Å²) >= 11 is 0. The summed E-state index contributed by atoms with van der Waals surface area (Å²) in [5.41, 5.74) is 2.29. The number of hydrogen-bond donors (Lipinski definition) is 0. The quantitative estimate of drug-likeness (QED) is 0.784. The van der Waals surface area contributed by atoms with Crippen LogP contribution in [0.25, 0.3) is 0 Å². The third-order valence-electron chi connectivity index (χ3n) is 5.75. The highest BCUT2D eigenvalue weighted by Crippen LogP contribution is 2.24. The SMILES string of the molecule is COCC1CC(=O)N(CC2CCN(C(=O)Cc3ccccc3C)CC2)C1. The van der Waals surface area contributed by atoms with Crippen LogP contribution in [0.15, 0.2) is 24.3 Å². The molecule has 0 bridgehead atoms. The van der Waals surface area contributed by atoms with Crippen molar-refractivity contribution >= 4 is 11.8 Å². The smallest absolute Gasteiger partial charge is 0.226 e. The third-order valence-corrected chi connectivity index (χ3v) is 5.75. The van der Waals surface area contributed by atoms with Crippen LogP contribution in [0.4, 0.5) is 0 Å². The number of benzene rings is 1. The Balaban J connectivity index is 1.45. The van der Waals surface area contributed by atoms with Crippen LogP contribution in [-0.4, -0.2) is 61.5 Å². The molecule has 5 heteroatoms. The molecule has 142 valence electrons. The first-order chi connectivity index (χ1) is 12.6. The van der Waals surface area contributed by atoms with Gasteiger partial charge in [-0.05, 0) is 36.8 Å². The molecule has 0 aliphatic carbocycles. The van der Waals surface area contributed by atoms with Crippen LogP contribution in [0.1, 0.15) is 30.4 Å². The number of nitrogens with zero attached hydrogens (tertiary/aromatic N) is 2. The lowest BCUT2D eigenvalue weighted by Crippen LogP contribution is -2.42. The zero-order chi connectivity index (χ0) is 18.5. The number of ether oxygens (including phenoxy) is 1. The summed E-state index contributed by atoms with van der Waals surface area (Å²) in [6, 6.07) is 8.09. The molecule has 0 N–H and O–H groups in total. The van der Waals surface area contributed by atoms with E-state index >= 15 is 0 Å². The van der Waals surface area contributed by atoms with E-state index in [-0.39, 0.29) is 11.8 Å². The second kappa shape index (κ2) is 8.67. The van der Waals surface area contributed by atoms with Crippen LogP contribution < -0.4 is 0 Å². The molecule has 2 aliphatic heterocycles. The van der Waals surface area contributed by atoms with E-state index in [1.54, 1.807) is 7.11 Å². The average Bonchev–Trinajstić information content (AvgIpc) is 2.97. The van der Waals surface area contributed by atoms with Crippen molar-refractivity contribution in [2.45, 2.75) is 32.6 Å². The van der Waals surface area contributed by atoms with E-state index in [0.717, 1.165) is 44.6 Å². The number of amides is 2. The predicted octanol–water partition coefficient (Wildman–Crippen LogP) is 2.27. The monoisotopic (exact) mass is 358 g/mol. The number of carbonyl (C=O) groups is 2. The minimum atomic E-state index is 0.218. The number of aryl methyl sites for hydroxylation is 1. The molecule has 0 spiro atoms. The molecule has 26 heavy (non-hydrogen) atoms. The first-order valence-corrected chi connectivity index (χ1v) is 9.65. The topological polar surface area (TPSA) is 49.9 Å². The van der Waals surface area contributed by atoms with Gasteiger partial charge in [0.2, 0.25) is 11.8 Å². The van der Waals surface area contributed by atoms with Gasteiger partial charge in [0.05, 0.1) is 13.0 Å². The summed E-state index contributed by atoms with van der Waals surface area (Å²) < 4.78 is 5.19. The average molecular weight is 358 g/mol. The van der Waals surface area contributed by atoms with Gasteiger partial charge >= 0.3 is 0 Å². The Bertz CT molecular complexity index is 638. The fourth-order valence-electron chi connectivity index (χ4n) is 4.14. The van der Waals surface area contributed by atoms with E-state index in [1.165, 1.54) is 5.56 Å². The van der Waals surface area contributed by atoms with Gasteiger partial charge in [-0.15, -0.1) is 0 Å². The minimum absolute atomic E-state index is 0.218. The van der Waals surface area contributed by atoms with Crippen molar-refractivity contribution in [3.05, 3.63) is 35.4 Å². The van der Waals surface area contributed by atoms with Gasteiger partial charge in [0.15, 0.2) is 0 Å². The maximum absolute atomic E-state index is 12.6. The van der Waals surface area contributed by atoms with Crippen molar-refractivity contribution in [3.8, 4) is 0 Å². The maximum atomic E-state index is 12.6. The van der Waals surface area contributed by atoms with Crippen LogP contribution >= 0.6 is 0 Å². The highest BCUT2D eigenvalue weighted by atomic mass is 16.5. The van der Waals surface area contributed by atoms with Gasteiger partial charge in [0, 0.05) is 45.6 Å². The van der Waals surface area contributed by atoms with Crippen molar-refractivity contribution < 1.29 is 14.3 Å². The highest BCUT2D eigenvalue weighted by molar-refractivity contribution is 5.79. The fraction of sp³-hybridized carbons (Fsp3) is 0.619. The summed E-state index contributed by atoms with van der Waals surface area (Å²) in [4.78, 5) is 28.7. The lowest BCUT2D eigenvalue weighted by atomic mass is 9.95. The van der Waals surface area contributed by atoms with Crippen LogP contribution in [0.2, 0.25) is 0 Å². The van der Waals surface area contributed by atoms with Crippen molar-refractivity contribution in [3.63, 3.8) is 0 Å². The second-order valence-electron chi connectivity index (χ2n) is 7.75. The Kier molecular flexibility index (Phi) is 6.30. The Hall–Kier alpha value is -1.88. The molecule has 1 atom stereocenters. The maximum Gasteiger partial charge on any atom is 0.226 e. The molecule has 2 fully saturated rings. The Morgan fingerprint density at radius 3 is 2.62 bits per heavy atom. The number of rotatable bonds is 6. The Labute approximate surface area is 156 Å². The summed E-state index contributed by atoms with van der Waals surface area (Å²) in [6.45, 7) is 5.97. The number of likely N-dealkylation sites (tertiary alicyclic amines) is 2. The fourth-order valence-corrected chi connectivity index (χ4v) is 4.14. The third kappa shape index (κ3) is 4.64. The van der Waals surface area contributed by atoms with Gasteiger partial charge in [-0.25, -0.2) is 0 Å². The summed E-state index contributed by atoms with van der Waals surface area (Å²) in [7, 11) is 1.69.